The van der Waals surface area contributed by atoms with Gasteiger partial charge in [-0.2, -0.15) is 0 Å². The molecule has 1 atom stereocenters. The molecule has 0 rings (SSSR count). The molecule has 0 aromatic heterocycles. The van der Waals surface area contributed by atoms with Crippen molar-refractivity contribution in [1.29, 1.82) is 0 Å². The lowest BCUT2D eigenvalue weighted by Crippen LogP contribution is -2.08. The fourth-order valence-electron chi connectivity index (χ4n) is 0.364. The van der Waals surface area contributed by atoms with Gasteiger partial charge in [0.1, 0.15) is 0 Å². The summed E-state index contributed by atoms with van der Waals surface area (Å²) in [5, 5.41) is 12.8. The van der Waals surface area contributed by atoms with E-state index in [4.69, 9.17) is 10.2 Å². The predicted octanol–water partition coefficient (Wildman–Crippen LogP) is -0.595. The minimum absolute atomic E-state index is 0.0111. The van der Waals surface area contributed by atoms with Crippen molar-refractivity contribution in [3.05, 3.63) is 0 Å². The number of aliphatic carboxylic acids is 1. The molecule has 0 aliphatic heterocycles. The largest absolute Gasteiger partial charge is 0.481 e. The highest BCUT2D eigenvalue weighted by Gasteiger charge is 1.96. The summed E-state index contributed by atoms with van der Waals surface area (Å²) in [6.07, 6.45) is 0.343. The van der Waals surface area contributed by atoms with E-state index in [1.165, 1.54) is 0 Å². The van der Waals surface area contributed by atoms with E-state index >= 15 is 0 Å². The van der Waals surface area contributed by atoms with Crippen molar-refractivity contribution >= 4 is 17.2 Å². The standard InChI is InChI=1S/C4H9NO4S/c5-10(8)9-3-1-2-4(6)7/h1-3,5H2,(H,6,7). The van der Waals surface area contributed by atoms with Crippen molar-refractivity contribution in [2.24, 2.45) is 5.14 Å². The number of hydrogen-bond donors (Lipinski definition) is 2. The Bertz CT molecular complexity index is 121. The lowest BCUT2D eigenvalue weighted by molar-refractivity contribution is -0.137. The zero-order valence-corrected chi connectivity index (χ0v) is 6.10. The molecular weight excluding hydrogens is 158 g/mol. The minimum atomic E-state index is -1.77. The van der Waals surface area contributed by atoms with Gasteiger partial charge in [-0.05, 0) is 6.42 Å². The highest BCUT2D eigenvalue weighted by atomic mass is 32.2. The van der Waals surface area contributed by atoms with Crippen LogP contribution in [0, 0.1) is 0 Å². The Morgan fingerprint density at radius 3 is 2.70 bits per heavy atom. The minimum Gasteiger partial charge on any atom is -0.481 e. The second kappa shape index (κ2) is 5.33. The van der Waals surface area contributed by atoms with Gasteiger partial charge in [0.15, 0.2) is 0 Å². The van der Waals surface area contributed by atoms with E-state index in [1.54, 1.807) is 0 Å². The average molecular weight is 167 g/mol. The molecule has 0 fully saturated rings. The predicted molar refractivity (Wildman–Crippen MR) is 35.2 cm³/mol. The molecule has 0 aromatic rings. The van der Waals surface area contributed by atoms with Crippen LogP contribution in [0.5, 0.6) is 0 Å². The first kappa shape index (κ1) is 9.54. The summed E-state index contributed by atoms with van der Waals surface area (Å²) in [7, 11) is 0. The maximum absolute atomic E-state index is 10.0. The van der Waals surface area contributed by atoms with Crippen LogP contribution in [-0.2, 0) is 20.2 Å². The third-order valence-electron chi connectivity index (χ3n) is 0.734. The summed E-state index contributed by atoms with van der Waals surface area (Å²) in [6.45, 7) is 0.120. The van der Waals surface area contributed by atoms with E-state index in [2.05, 4.69) is 4.18 Å². The van der Waals surface area contributed by atoms with Gasteiger partial charge in [-0.15, -0.1) is 0 Å². The second-order valence-electron chi connectivity index (χ2n) is 1.58. The van der Waals surface area contributed by atoms with E-state index in [0.29, 0.717) is 6.42 Å². The molecule has 5 nitrogen and oxygen atoms in total. The van der Waals surface area contributed by atoms with Gasteiger partial charge in [-0.1, -0.05) is 0 Å². The van der Waals surface area contributed by atoms with Crippen molar-refractivity contribution in [1.82, 2.24) is 0 Å². The SMILES string of the molecule is NS(=O)OCCCC(=O)O. The highest BCUT2D eigenvalue weighted by Crippen LogP contribution is 1.89. The van der Waals surface area contributed by atoms with Gasteiger partial charge < -0.3 is 5.11 Å². The van der Waals surface area contributed by atoms with E-state index in [0.717, 1.165) is 0 Å². The summed E-state index contributed by atoms with van der Waals surface area (Å²) in [4.78, 5) is 9.88. The number of carbonyl (C=O) groups is 1. The van der Waals surface area contributed by atoms with E-state index in [-0.39, 0.29) is 13.0 Å². The van der Waals surface area contributed by atoms with Gasteiger partial charge in [0.05, 0.1) is 6.61 Å². The van der Waals surface area contributed by atoms with Crippen LogP contribution < -0.4 is 5.14 Å². The third-order valence-corrected chi connectivity index (χ3v) is 1.13. The fraction of sp³-hybridized carbons (Fsp3) is 0.750. The monoisotopic (exact) mass is 167 g/mol. The molecule has 0 radical (unpaired) electrons. The molecule has 0 amide bonds. The van der Waals surface area contributed by atoms with Crippen LogP contribution in [0.25, 0.3) is 0 Å². The quantitative estimate of drug-likeness (QED) is 0.535. The number of carboxylic acid groups (broad SMARTS) is 1. The van der Waals surface area contributed by atoms with Crippen molar-refractivity contribution < 1.29 is 18.3 Å². The van der Waals surface area contributed by atoms with Crippen LogP contribution in [0.4, 0.5) is 0 Å². The van der Waals surface area contributed by atoms with Gasteiger partial charge in [0, 0.05) is 6.42 Å². The van der Waals surface area contributed by atoms with Gasteiger partial charge in [-0.3, -0.25) is 8.98 Å². The van der Waals surface area contributed by atoms with E-state index in [9.17, 15) is 9.00 Å². The molecule has 0 saturated heterocycles. The van der Waals surface area contributed by atoms with Gasteiger partial charge in [0.25, 0.3) is 0 Å². The summed E-state index contributed by atoms with van der Waals surface area (Å²) in [5.41, 5.74) is 0. The first-order chi connectivity index (χ1) is 4.63. The van der Waals surface area contributed by atoms with Crippen LogP contribution in [0.3, 0.4) is 0 Å². The molecule has 60 valence electrons. The molecule has 1 unspecified atom stereocenters. The van der Waals surface area contributed by atoms with E-state index in [1.807, 2.05) is 0 Å². The molecule has 10 heavy (non-hydrogen) atoms. The summed E-state index contributed by atoms with van der Waals surface area (Å²) >= 11 is -1.77. The second-order valence-corrected chi connectivity index (χ2v) is 2.34. The van der Waals surface area contributed by atoms with Gasteiger partial charge in [0.2, 0.25) is 11.3 Å². The molecular formula is C4H9NO4S. The molecule has 0 aromatic carbocycles. The summed E-state index contributed by atoms with van der Waals surface area (Å²) in [5.74, 6) is -0.897. The Hall–Kier alpha value is -0.460. The molecule has 0 bridgehead atoms. The summed E-state index contributed by atoms with van der Waals surface area (Å²) < 4.78 is 14.4. The Kier molecular flexibility index (Phi) is 5.09. The third kappa shape index (κ3) is 7.54. The van der Waals surface area contributed by atoms with Gasteiger partial charge in [-0.25, -0.2) is 9.35 Å². The molecule has 0 aliphatic carbocycles. The lowest BCUT2D eigenvalue weighted by Gasteiger charge is -1.95. The fourth-order valence-corrected chi connectivity index (χ4v) is 0.647. The van der Waals surface area contributed by atoms with Crippen molar-refractivity contribution in [2.45, 2.75) is 12.8 Å². The normalized spacial score (nSPS) is 12.9. The number of hydrogen-bond acceptors (Lipinski definition) is 3. The van der Waals surface area contributed by atoms with Crippen LogP contribution in [0.1, 0.15) is 12.8 Å². The number of rotatable bonds is 5. The van der Waals surface area contributed by atoms with Gasteiger partial charge >= 0.3 is 5.97 Å². The van der Waals surface area contributed by atoms with Crippen LogP contribution in [-0.4, -0.2) is 21.9 Å². The zero-order valence-electron chi connectivity index (χ0n) is 5.28. The molecule has 0 spiro atoms. The Balaban J connectivity index is 3.06. The molecule has 0 heterocycles. The van der Waals surface area contributed by atoms with Crippen molar-refractivity contribution in [3.63, 3.8) is 0 Å². The molecule has 6 heteroatoms. The lowest BCUT2D eigenvalue weighted by atomic mass is 10.3. The van der Waals surface area contributed by atoms with E-state index < -0.39 is 17.2 Å². The number of nitrogens with two attached hydrogens (primary N) is 1. The van der Waals surface area contributed by atoms with Crippen LogP contribution in [0.2, 0.25) is 0 Å². The zero-order chi connectivity index (χ0) is 7.98. The van der Waals surface area contributed by atoms with Crippen molar-refractivity contribution in [2.75, 3.05) is 6.61 Å². The van der Waals surface area contributed by atoms with Crippen LogP contribution in [0.15, 0.2) is 0 Å². The molecule has 3 N–H and O–H groups in total. The summed E-state index contributed by atoms with van der Waals surface area (Å²) in [6, 6.07) is 0. The number of carboxylic acids is 1. The Labute approximate surface area is 61.0 Å². The molecule has 0 saturated carbocycles. The van der Waals surface area contributed by atoms with Crippen molar-refractivity contribution in [3.8, 4) is 0 Å². The highest BCUT2D eigenvalue weighted by molar-refractivity contribution is 7.77. The first-order valence-corrected chi connectivity index (χ1v) is 3.78. The Morgan fingerprint density at radius 2 is 2.30 bits per heavy atom. The first-order valence-electron chi connectivity index (χ1n) is 2.64. The molecule has 0 aliphatic rings. The smallest absolute Gasteiger partial charge is 0.303 e. The van der Waals surface area contributed by atoms with Crippen LogP contribution >= 0.6 is 0 Å². The maximum Gasteiger partial charge on any atom is 0.303 e. The Morgan fingerprint density at radius 1 is 1.70 bits per heavy atom. The topological polar surface area (TPSA) is 89.6 Å². The average Bonchev–Trinajstić information content (AvgIpc) is 1.79. The maximum atomic E-state index is 10.0.